The van der Waals surface area contributed by atoms with Crippen LogP contribution in [0.1, 0.15) is 75.4 Å². The molecular formula is C14H22ClN3O. The standard InChI is InChI=1S/C14H21N3O.ClH/c15-14(7-3-4-8-14)12-16-11(18-17-12)10-9-13(10)5-1-2-6-13;/h10H,1-9,15H2;1H. The molecule has 1 heterocycles. The lowest BCUT2D eigenvalue weighted by Gasteiger charge is -2.17. The molecule has 5 heteroatoms. The molecule has 1 unspecified atom stereocenters. The number of aromatic nitrogens is 2. The summed E-state index contributed by atoms with van der Waals surface area (Å²) >= 11 is 0. The molecule has 0 bridgehead atoms. The maximum absolute atomic E-state index is 6.37. The van der Waals surface area contributed by atoms with E-state index in [0.717, 1.165) is 24.6 Å². The van der Waals surface area contributed by atoms with Crippen molar-refractivity contribution < 1.29 is 4.52 Å². The number of hydrogen-bond donors (Lipinski definition) is 1. The Morgan fingerprint density at radius 2 is 1.68 bits per heavy atom. The SMILES string of the molecule is Cl.NC1(c2noc(C3CC34CCCC4)n2)CCCC1. The van der Waals surface area contributed by atoms with Gasteiger partial charge in [-0.15, -0.1) is 12.4 Å². The third-order valence-corrected chi connectivity index (χ3v) is 5.47. The van der Waals surface area contributed by atoms with Gasteiger partial charge in [-0.25, -0.2) is 0 Å². The van der Waals surface area contributed by atoms with Crippen LogP contribution in [0.2, 0.25) is 0 Å². The van der Waals surface area contributed by atoms with Gasteiger partial charge in [-0.2, -0.15) is 4.98 Å². The van der Waals surface area contributed by atoms with Crippen LogP contribution in [-0.2, 0) is 5.54 Å². The zero-order valence-corrected chi connectivity index (χ0v) is 12.0. The van der Waals surface area contributed by atoms with Gasteiger partial charge in [-0.05, 0) is 37.5 Å². The van der Waals surface area contributed by atoms with Crippen LogP contribution in [0.3, 0.4) is 0 Å². The minimum absolute atomic E-state index is 0. The van der Waals surface area contributed by atoms with Crippen molar-refractivity contribution in [3.05, 3.63) is 11.7 Å². The van der Waals surface area contributed by atoms with Crippen molar-refractivity contribution in [3.8, 4) is 0 Å². The molecule has 1 atom stereocenters. The van der Waals surface area contributed by atoms with E-state index in [9.17, 15) is 0 Å². The van der Waals surface area contributed by atoms with Gasteiger partial charge >= 0.3 is 0 Å². The first-order valence-electron chi connectivity index (χ1n) is 7.35. The fourth-order valence-electron chi connectivity index (χ4n) is 4.14. The van der Waals surface area contributed by atoms with E-state index in [1.807, 2.05) is 0 Å². The molecule has 1 spiro atoms. The molecule has 0 aromatic carbocycles. The van der Waals surface area contributed by atoms with Crippen LogP contribution in [0.25, 0.3) is 0 Å². The normalized spacial score (nSPS) is 30.5. The van der Waals surface area contributed by atoms with Gasteiger partial charge in [-0.1, -0.05) is 30.8 Å². The fraction of sp³-hybridized carbons (Fsp3) is 0.857. The van der Waals surface area contributed by atoms with Crippen molar-refractivity contribution in [3.63, 3.8) is 0 Å². The Morgan fingerprint density at radius 1 is 1.05 bits per heavy atom. The molecule has 0 saturated heterocycles. The number of hydrogen-bond acceptors (Lipinski definition) is 4. The molecule has 106 valence electrons. The molecule has 4 rings (SSSR count). The highest BCUT2D eigenvalue weighted by Gasteiger charge is 2.58. The Hall–Kier alpha value is -0.610. The van der Waals surface area contributed by atoms with E-state index in [-0.39, 0.29) is 17.9 Å². The van der Waals surface area contributed by atoms with E-state index in [1.165, 1.54) is 44.9 Å². The molecule has 1 aromatic rings. The highest BCUT2D eigenvalue weighted by Crippen LogP contribution is 2.67. The van der Waals surface area contributed by atoms with E-state index >= 15 is 0 Å². The maximum Gasteiger partial charge on any atom is 0.230 e. The Morgan fingerprint density at radius 3 is 2.37 bits per heavy atom. The van der Waals surface area contributed by atoms with Gasteiger partial charge in [0.05, 0.1) is 5.54 Å². The van der Waals surface area contributed by atoms with Crippen molar-refractivity contribution in [2.75, 3.05) is 0 Å². The molecule has 3 saturated carbocycles. The van der Waals surface area contributed by atoms with E-state index in [2.05, 4.69) is 10.1 Å². The minimum atomic E-state index is -0.306. The number of nitrogens with zero attached hydrogens (tertiary/aromatic N) is 2. The topological polar surface area (TPSA) is 64.9 Å². The van der Waals surface area contributed by atoms with E-state index in [1.54, 1.807) is 0 Å². The third kappa shape index (κ3) is 2.00. The molecule has 1 aromatic heterocycles. The van der Waals surface area contributed by atoms with Crippen molar-refractivity contribution in [2.24, 2.45) is 11.1 Å². The summed E-state index contributed by atoms with van der Waals surface area (Å²) < 4.78 is 5.51. The van der Waals surface area contributed by atoms with E-state index in [4.69, 9.17) is 10.3 Å². The second-order valence-corrected chi connectivity index (χ2v) is 6.65. The van der Waals surface area contributed by atoms with Gasteiger partial charge in [0, 0.05) is 5.92 Å². The third-order valence-electron chi connectivity index (χ3n) is 5.47. The lowest BCUT2D eigenvalue weighted by molar-refractivity contribution is 0.338. The van der Waals surface area contributed by atoms with Gasteiger partial charge in [-0.3, -0.25) is 0 Å². The van der Waals surface area contributed by atoms with Crippen molar-refractivity contribution >= 4 is 12.4 Å². The summed E-state index contributed by atoms with van der Waals surface area (Å²) in [5, 5.41) is 4.17. The zero-order valence-electron chi connectivity index (χ0n) is 11.2. The Kier molecular flexibility index (Phi) is 3.13. The number of rotatable bonds is 2. The molecule has 2 N–H and O–H groups in total. The monoisotopic (exact) mass is 283 g/mol. The van der Waals surface area contributed by atoms with Gasteiger partial charge in [0.1, 0.15) is 0 Å². The first-order chi connectivity index (χ1) is 8.72. The Labute approximate surface area is 119 Å². The summed E-state index contributed by atoms with van der Waals surface area (Å²) in [6.07, 6.45) is 11.1. The predicted octanol–water partition coefficient (Wildman–Crippen LogP) is 3.27. The predicted molar refractivity (Wildman–Crippen MR) is 74.1 cm³/mol. The maximum atomic E-state index is 6.37. The summed E-state index contributed by atoms with van der Waals surface area (Å²) in [7, 11) is 0. The Bertz CT molecular complexity index is 461. The highest BCUT2D eigenvalue weighted by atomic mass is 35.5. The zero-order chi connectivity index (χ0) is 12.2. The number of nitrogens with two attached hydrogens (primary N) is 1. The lowest BCUT2D eigenvalue weighted by Crippen LogP contribution is -2.34. The molecule has 3 fully saturated rings. The molecule has 19 heavy (non-hydrogen) atoms. The molecule has 4 nitrogen and oxygen atoms in total. The largest absolute Gasteiger partial charge is 0.339 e. The van der Waals surface area contributed by atoms with Crippen LogP contribution in [0.15, 0.2) is 4.52 Å². The van der Waals surface area contributed by atoms with E-state index in [0.29, 0.717) is 11.3 Å². The average molecular weight is 284 g/mol. The van der Waals surface area contributed by atoms with Gasteiger partial charge in [0.15, 0.2) is 5.82 Å². The molecular weight excluding hydrogens is 262 g/mol. The van der Waals surface area contributed by atoms with Crippen LogP contribution in [0, 0.1) is 5.41 Å². The summed E-state index contributed by atoms with van der Waals surface area (Å²) in [4.78, 5) is 4.64. The molecule has 0 radical (unpaired) electrons. The fourth-order valence-corrected chi connectivity index (χ4v) is 4.14. The van der Waals surface area contributed by atoms with Crippen LogP contribution in [0.5, 0.6) is 0 Å². The van der Waals surface area contributed by atoms with Crippen molar-refractivity contribution in [1.29, 1.82) is 0 Å². The van der Waals surface area contributed by atoms with Gasteiger partial charge in [0.2, 0.25) is 5.89 Å². The second-order valence-electron chi connectivity index (χ2n) is 6.65. The van der Waals surface area contributed by atoms with Crippen LogP contribution >= 0.6 is 12.4 Å². The van der Waals surface area contributed by atoms with Crippen molar-refractivity contribution in [1.82, 2.24) is 10.1 Å². The lowest BCUT2D eigenvalue weighted by atomic mass is 9.98. The second kappa shape index (κ2) is 4.45. The molecule has 3 aliphatic carbocycles. The first-order valence-corrected chi connectivity index (χ1v) is 7.35. The average Bonchev–Trinajstić information content (AvgIpc) is 2.85. The molecule has 0 amide bonds. The summed E-state index contributed by atoms with van der Waals surface area (Å²) in [6, 6.07) is 0. The molecule has 0 aliphatic heterocycles. The smallest absolute Gasteiger partial charge is 0.230 e. The van der Waals surface area contributed by atoms with Gasteiger partial charge < -0.3 is 10.3 Å². The van der Waals surface area contributed by atoms with E-state index < -0.39 is 0 Å². The van der Waals surface area contributed by atoms with Crippen molar-refractivity contribution in [2.45, 2.75) is 69.2 Å². The number of halogens is 1. The van der Waals surface area contributed by atoms with Crippen LogP contribution in [-0.4, -0.2) is 10.1 Å². The summed E-state index contributed by atoms with van der Waals surface area (Å²) in [5.74, 6) is 2.16. The Balaban J connectivity index is 0.00000110. The quantitative estimate of drug-likeness (QED) is 0.905. The van der Waals surface area contributed by atoms with Crippen LogP contribution in [0.4, 0.5) is 0 Å². The molecule has 3 aliphatic rings. The summed E-state index contributed by atoms with van der Waals surface area (Å²) in [5.41, 5.74) is 6.60. The highest BCUT2D eigenvalue weighted by molar-refractivity contribution is 5.85. The first kappa shape index (κ1) is 13.4. The van der Waals surface area contributed by atoms with Gasteiger partial charge in [0.25, 0.3) is 0 Å². The van der Waals surface area contributed by atoms with Crippen LogP contribution < -0.4 is 5.73 Å². The minimum Gasteiger partial charge on any atom is -0.339 e. The summed E-state index contributed by atoms with van der Waals surface area (Å²) in [6.45, 7) is 0.